The van der Waals surface area contributed by atoms with Crippen molar-refractivity contribution in [2.75, 3.05) is 0 Å². The molecule has 1 unspecified atom stereocenters. The molecule has 0 fully saturated rings. The van der Waals surface area contributed by atoms with E-state index in [-0.39, 0.29) is 6.10 Å². The van der Waals surface area contributed by atoms with Crippen LogP contribution in [-0.4, -0.2) is 12.2 Å². The third-order valence-electron chi connectivity index (χ3n) is 2.04. The van der Waals surface area contributed by atoms with Gasteiger partial charge in [0.15, 0.2) is 0 Å². The Bertz CT molecular complexity index is 285. The summed E-state index contributed by atoms with van der Waals surface area (Å²) < 4.78 is 4.94. The standard InChI is InChI=1S/C11H15NO2/c1-2-10(14-11(12)13)8-9-6-4-3-5-7-9/h3-7,10H,2,8H2,1H3,(H2,12,13). The molecule has 0 bridgehead atoms. The summed E-state index contributed by atoms with van der Waals surface area (Å²) in [6.45, 7) is 1.97. The molecule has 0 aliphatic carbocycles. The van der Waals surface area contributed by atoms with Gasteiger partial charge in [-0.3, -0.25) is 0 Å². The van der Waals surface area contributed by atoms with E-state index >= 15 is 0 Å². The van der Waals surface area contributed by atoms with Crippen molar-refractivity contribution in [3.63, 3.8) is 0 Å². The maximum Gasteiger partial charge on any atom is 0.404 e. The van der Waals surface area contributed by atoms with Crippen LogP contribution in [0.4, 0.5) is 4.79 Å². The molecule has 1 aromatic carbocycles. The first-order valence-electron chi connectivity index (χ1n) is 4.72. The van der Waals surface area contributed by atoms with Gasteiger partial charge in [-0.25, -0.2) is 4.79 Å². The summed E-state index contributed by atoms with van der Waals surface area (Å²) >= 11 is 0. The minimum absolute atomic E-state index is 0.116. The van der Waals surface area contributed by atoms with Crippen LogP contribution in [0.1, 0.15) is 18.9 Å². The van der Waals surface area contributed by atoms with Gasteiger partial charge < -0.3 is 10.5 Å². The SMILES string of the molecule is CCC(Cc1ccccc1)OC(N)=O. The van der Waals surface area contributed by atoms with Gasteiger partial charge in [0.05, 0.1) is 0 Å². The van der Waals surface area contributed by atoms with Crippen LogP contribution in [0.3, 0.4) is 0 Å². The second-order valence-electron chi connectivity index (χ2n) is 3.16. The van der Waals surface area contributed by atoms with Crippen molar-refractivity contribution < 1.29 is 9.53 Å². The van der Waals surface area contributed by atoms with Gasteiger partial charge in [0.2, 0.25) is 0 Å². The Balaban J connectivity index is 2.53. The maximum atomic E-state index is 10.6. The van der Waals surface area contributed by atoms with Gasteiger partial charge in [0.1, 0.15) is 6.10 Å². The first kappa shape index (κ1) is 10.6. The number of rotatable bonds is 4. The van der Waals surface area contributed by atoms with Crippen LogP contribution in [0.2, 0.25) is 0 Å². The molecule has 1 aromatic rings. The van der Waals surface area contributed by atoms with Crippen molar-refractivity contribution >= 4 is 6.09 Å². The second kappa shape index (κ2) is 5.27. The molecule has 3 nitrogen and oxygen atoms in total. The van der Waals surface area contributed by atoms with E-state index in [2.05, 4.69) is 0 Å². The molecule has 0 saturated carbocycles. The fourth-order valence-corrected chi connectivity index (χ4v) is 1.31. The lowest BCUT2D eigenvalue weighted by atomic mass is 10.1. The second-order valence-corrected chi connectivity index (χ2v) is 3.16. The number of hydrogen-bond donors (Lipinski definition) is 1. The summed E-state index contributed by atoms with van der Waals surface area (Å²) in [6.07, 6.45) is 0.681. The highest BCUT2D eigenvalue weighted by molar-refractivity contribution is 5.64. The van der Waals surface area contributed by atoms with Crippen LogP contribution in [0, 0.1) is 0 Å². The summed E-state index contributed by atoms with van der Waals surface area (Å²) in [6, 6.07) is 9.90. The average molecular weight is 193 g/mol. The summed E-state index contributed by atoms with van der Waals surface area (Å²) in [7, 11) is 0. The number of carbonyl (C=O) groups excluding carboxylic acids is 1. The van der Waals surface area contributed by atoms with Crippen molar-refractivity contribution in [2.24, 2.45) is 5.73 Å². The van der Waals surface area contributed by atoms with E-state index in [0.29, 0.717) is 0 Å². The number of hydrogen-bond acceptors (Lipinski definition) is 2. The lowest BCUT2D eigenvalue weighted by molar-refractivity contribution is 0.104. The molecule has 0 aromatic heterocycles. The fourth-order valence-electron chi connectivity index (χ4n) is 1.31. The summed E-state index contributed by atoms with van der Waals surface area (Å²) in [5, 5.41) is 0. The largest absolute Gasteiger partial charge is 0.446 e. The van der Waals surface area contributed by atoms with Gasteiger partial charge in [-0.15, -0.1) is 0 Å². The Hall–Kier alpha value is -1.51. The van der Waals surface area contributed by atoms with E-state index in [4.69, 9.17) is 10.5 Å². The highest BCUT2D eigenvalue weighted by Crippen LogP contribution is 2.08. The zero-order chi connectivity index (χ0) is 10.4. The highest BCUT2D eigenvalue weighted by atomic mass is 16.6. The minimum Gasteiger partial charge on any atom is -0.446 e. The van der Waals surface area contributed by atoms with Gasteiger partial charge >= 0.3 is 6.09 Å². The highest BCUT2D eigenvalue weighted by Gasteiger charge is 2.10. The molecule has 1 amide bonds. The molecular weight excluding hydrogens is 178 g/mol. The van der Waals surface area contributed by atoms with E-state index < -0.39 is 6.09 Å². The van der Waals surface area contributed by atoms with Gasteiger partial charge in [-0.05, 0) is 12.0 Å². The lowest BCUT2D eigenvalue weighted by Crippen LogP contribution is -2.23. The van der Waals surface area contributed by atoms with Crippen molar-refractivity contribution in [2.45, 2.75) is 25.9 Å². The van der Waals surface area contributed by atoms with Crippen LogP contribution in [0.5, 0.6) is 0 Å². The molecule has 3 heteroatoms. The van der Waals surface area contributed by atoms with Crippen LogP contribution >= 0.6 is 0 Å². The van der Waals surface area contributed by atoms with Crippen molar-refractivity contribution in [3.8, 4) is 0 Å². The van der Waals surface area contributed by atoms with Gasteiger partial charge in [0, 0.05) is 6.42 Å². The van der Waals surface area contributed by atoms with Gasteiger partial charge in [0.25, 0.3) is 0 Å². The molecule has 1 atom stereocenters. The van der Waals surface area contributed by atoms with E-state index in [0.717, 1.165) is 18.4 Å². The van der Waals surface area contributed by atoms with Crippen molar-refractivity contribution in [1.29, 1.82) is 0 Å². The van der Waals surface area contributed by atoms with E-state index in [1.54, 1.807) is 0 Å². The van der Waals surface area contributed by atoms with E-state index in [1.165, 1.54) is 0 Å². The quantitative estimate of drug-likeness (QED) is 0.796. The molecule has 0 spiro atoms. The monoisotopic (exact) mass is 193 g/mol. The Kier molecular flexibility index (Phi) is 3.98. The number of carbonyl (C=O) groups is 1. The smallest absolute Gasteiger partial charge is 0.404 e. The van der Waals surface area contributed by atoms with E-state index in [1.807, 2.05) is 37.3 Å². The van der Waals surface area contributed by atoms with Crippen LogP contribution in [0.25, 0.3) is 0 Å². The Morgan fingerprint density at radius 1 is 1.43 bits per heavy atom. The predicted molar refractivity (Wildman–Crippen MR) is 54.9 cm³/mol. The molecular formula is C11H15NO2. The third kappa shape index (κ3) is 3.47. The Labute approximate surface area is 83.9 Å². The zero-order valence-corrected chi connectivity index (χ0v) is 8.27. The van der Waals surface area contributed by atoms with E-state index in [9.17, 15) is 4.79 Å². The lowest BCUT2D eigenvalue weighted by Gasteiger charge is -2.14. The number of primary amides is 1. The summed E-state index contributed by atoms with van der Waals surface area (Å²) in [5.74, 6) is 0. The first-order valence-corrected chi connectivity index (χ1v) is 4.72. The molecule has 0 radical (unpaired) electrons. The molecule has 0 saturated heterocycles. The zero-order valence-electron chi connectivity index (χ0n) is 8.27. The molecule has 2 N–H and O–H groups in total. The molecule has 76 valence electrons. The van der Waals surface area contributed by atoms with Crippen LogP contribution in [-0.2, 0) is 11.2 Å². The molecule has 1 rings (SSSR count). The Morgan fingerprint density at radius 2 is 2.07 bits per heavy atom. The number of amides is 1. The van der Waals surface area contributed by atoms with Crippen LogP contribution < -0.4 is 5.73 Å². The fraction of sp³-hybridized carbons (Fsp3) is 0.364. The Morgan fingerprint density at radius 3 is 2.57 bits per heavy atom. The number of ether oxygens (including phenoxy) is 1. The van der Waals surface area contributed by atoms with Gasteiger partial charge in [-0.2, -0.15) is 0 Å². The van der Waals surface area contributed by atoms with Crippen LogP contribution in [0.15, 0.2) is 30.3 Å². The van der Waals surface area contributed by atoms with Crippen molar-refractivity contribution in [3.05, 3.63) is 35.9 Å². The van der Waals surface area contributed by atoms with Crippen molar-refractivity contribution in [1.82, 2.24) is 0 Å². The number of benzene rings is 1. The molecule has 0 heterocycles. The summed E-state index contributed by atoms with van der Waals surface area (Å²) in [5.41, 5.74) is 6.11. The predicted octanol–water partition coefficient (Wildman–Crippen LogP) is 2.10. The third-order valence-corrected chi connectivity index (χ3v) is 2.04. The normalized spacial score (nSPS) is 12.1. The molecule has 14 heavy (non-hydrogen) atoms. The molecule has 0 aliphatic rings. The maximum absolute atomic E-state index is 10.6. The molecule has 0 aliphatic heterocycles. The first-order chi connectivity index (χ1) is 6.72. The average Bonchev–Trinajstić information content (AvgIpc) is 2.17. The number of nitrogens with two attached hydrogens (primary N) is 1. The summed E-state index contributed by atoms with van der Waals surface area (Å²) in [4.78, 5) is 10.6. The minimum atomic E-state index is -0.701. The topological polar surface area (TPSA) is 52.3 Å². The van der Waals surface area contributed by atoms with Gasteiger partial charge in [-0.1, -0.05) is 37.3 Å².